The maximum Gasteiger partial charge on any atom is 0.317 e. The molecule has 0 saturated carbocycles. The maximum atomic E-state index is 12.0. The van der Waals surface area contributed by atoms with E-state index in [1.165, 1.54) is 10.5 Å². The molecule has 2 aromatic rings. The quantitative estimate of drug-likeness (QED) is 0.751. The van der Waals surface area contributed by atoms with Gasteiger partial charge in [0.2, 0.25) is 5.89 Å². The second-order valence-corrected chi connectivity index (χ2v) is 5.50. The number of nitrogens with one attached hydrogen (secondary N) is 1. The van der Waals surface area contributed by atoms with Crippen LogP contribution in [-0.2, 0) is 19.4 Å². The minimum Gasteiger partial charge on any atom is -0.497 e. The summed E-state index contributed by atoms with van der Waals surface area (Å²) >= 11 is 0. The van der Waals surface area contributed by atoms with Crippen molar-refractivity contribution in [1.29, 1.82) is 0 Å². The topological polar surface area (TPSA) is 80.5 Å². The lowest BCUT2D eigenvalue weighted by Crippen LogP contribution is -2.37. The minimum absolute atomic E-state index is 0.146. The summed E-state index contributed by atoms with van der Waals surface area (Å²) in [6, 6.07) is 7.81. The highest BCUT2D eigenvalue weighted by molar-refractivity contribution is 5.73. The molecule has 0 bridgehead atoms. The van der Waals surface area contributed by atoms with Crippen molar-refractivity contribution in [2.24, 2.45) is 0 Å². The van der Waals surface area contributed by atoms with Crippen LogP contribution in [0.25, 0.3) is 0 Å². The van der Waals surface area contributed by atoms with Crippen LogP contribution in [-0.4, -0.2) is 41.8 Å². The van der Waals surface area contributed by atoms with Crippen LogP contribution in [0.15, 0.2) is 28.8 Å². The first-order chi connectivity index (χ1) is 11.6. The number of methoxy groups -OCH3 is 1. The van der Waals surface area contributed by atoms with Crippen molar-refractivity contribution in [3.8, 4) is 5.75 Å². The zero-order valence-electron chi connectivity index (χ0n) is 14.4. The number of hydrogen-bond donors (Lipinski definition) is 1. The Bertz CT molecular complexity index is 640. The number of benzene rings is 1. The molecule has 0 fully saturated rings. The Morgan fingerprint density at radius 3 is 2.71 bits per heavy atom. The molecule has 1 aromatic heterocycles. The van der Waals surface area contributed by atoms with Crippen LogP contribution in [0.1, 0.15) is 30.6 Å². The fourth-order valence-electron chi connectivity index (χ4n) is 2.20. The standard InChI is InChI=1S/C17H24N4O3/c1-4-16-19-15(20-24-16)12-21(2)17(22)18-11-5-6-13-7-9-14(23-3)10-8-13/h7-10H,4-6,11-12H2,1-3H3,(H,18,22). The zero-order chi connectivity index (χ0) is 17.4. The van der Waals surface area contributed by atoms with E-state index in [-0.39, 0.29) is 6.03 Å². The number of urea groups is 1. The number of rotatable bonds is 8. The van der Waals surface area contributed by atoms with Gasteiger partial charge >= 0.3 is 6.03 Å². The molecule has 0 saturated heterocycles. The average Bonchev–Trinajstić information content (AvgIpc) is 3.06. The molecule has 0 atom stereocenters. The van der Waals surface area contributed by atoms with E-state index in [0.717, 1.165) is 18.6 Å². The first-order valence-corrected chi connectivity index (χ1v) is 8.05. The van der Waals surface area contributed by atoms with E-state index < -0.39 is 0 Å². The van der Waals surface area contributed by atoms with E-state index >= 15 is 0 Å². The number of aromatic nitrogens is 2. The van der Waals surface area contributed by atoms with E-state index in [0.29, 0.717) is 31.2 Å². The molecule has 2 amide bonds. The maximum absolute atomic E-state index is 12.0. The highest BCUT2D eigenvalue weighted by Crippen LogP contribution is 2.12. The molecule has 7 nitrogen and oxygen atoms in total. The van der Waals surface area contributed by atoms with E-state index in [2.05, 4.69) is 15.5 Å². The first kappa shape index (κ1) is 17.8. The third-order valence-corrected chi connectivity index (χ3v) is 3.62. The second kappa shape index (κ2) is 8.90. The van der Waals surface area contributed by atoms with Gasteiger partial charge in [0.1, 0.15) is 5.75 Å². The van der Waals surface area contributed by atoms with Crippen molar-refractivity contribution in [3.05, 3.63) is 41.5 Å². The third kappa shape index (κ3) is 5.26. The lowest BCUT2D eigenvalue weighted by molar-refractivity contribution is 0.205. The number of nitrogens with zero attached hydrogens (tertiary/aromatic N) is 3. The van der Waals surface area contributed by atoms with Crippen LogP contribution >= 0.6 is 0 Å². The van der Waals surface area contributed by atoms with Gasteiger partial charge in [-0.1, -0.05) is 24.2 Å². The molecule has 0 aliphatic rings. The summed E-state index contributed by atoms with van der Waals surface area (Å²) in [6.07, 6.45) is 2.46. The summed E-state index contributed by atoms with van der Waals surface area (Å²) in [5.74, 6) is 1.95. The van der Waals surface area contributed by atoms with Crippen LogP contribution in [0.5, 0.6) is 5.75 Å². The molecule has 0 aliphatic carbocycles. The molecule has 1 aromatic carbocycles. The van der Waals surface area contributed by atoms with Crippen LogP contribution in [0.2, 0.25) is 0 Å². The van der Waals surface area contributed by atoms with Crippen LogP contribution in [0.3, 0.4) is 0 Å². The Morgan fingerprint density at radius 2 is 2.08 bits per heavy atom. The fourth-order valence-corrected chi connectivity index (χ4v) is 2.20. The van der Waals surface area contributed by atoms with E-state index in [1.54, 1.807) is 14.2 Å². The molecule has 0 aliphatic heterocycles. The van der Waals surface area contributed by atoms with Gasteiger partial charge in [0, 0.05) is 20.0 Å². The Balaban J connectivity index is 1.68. The molecule has 0 radical (unpaired) electrons. The van der Waals surface area contributed by atoms with Crippen molar-refractivity contribution in [3.63, 3.8) is 0 Å². The summed E-state index contributed by atoms with van der Waals surface area (Å²) in [5.41, 5.74) is 1.22. The van der Waals surface area contributed by atoms with Gasteiger partial charge in [-0.05, 0) is 30.5 Å². The third-order valence-electron chi connectivity index (χ3n) is 3.62. The monoisotopic (exact) mass is 332 g/mol. The van der Waals surface area contributed by atoms with Gasteiger partial charge in [-0.25, -0.2) is 4.79 Å². The predicted octanol–water partition coefficient (Wildman–Crippen LogP) is 2.41. The Morgan fingerprint density at radius 1 is 1.33 bits per heavy atom. The van der Waals surface area contributed by atoms with E-state index in [4.69, 9.17) is 9.26 Å². The van der Waals surface area contributed by atoms with Gasteiger partial charge in [-0.15, -0.1) is 0 Å². The van der Waals surface area contributed by atoms with Gasteiger partial charge in [-0.3, -0.25) is 0 Å². The molecule has 1 N–H and O–H groups in total. The number of hydrogen-bond acceptors (Lipinski definition) is 5. The summed E-state index contributed by atoms with van der Waals surface area (Å²) in [4.78, 5) is 17.8. The Labute approximate surface area is 142 Å². The number of amides is 2. The van der Waals surface area contributed by atoms with Gasteiger partial charge in [0.05, 0.1) is 13.7 Å². The summed E-state index contributed by atoms with van der Waals surface area (Å²) in [5, 5.41) is 6.73. The Hall–Kier alpha value is -2.57. The summed E-state index contributed by atoms with van der Waals surface area (Å²) in [6.45, 7) is 2.88. The van der Waals surface area contributed by atoms with Crippen LogP contribution < -0.4 is 10.1 Å². The lowest BCUT2D eigenvalue weighted by atomic mass is 10.1. The van der Waals surface area contributed by atoms with Gasteiger partial charge in [0.15, 0.2) is 5.82 Å². The lowest BCUT2D eigenvalue weighted by Gasteiger charge is -2.16. The van der Waals surface area contributed by atoms with Gasteiger partial charge in [0.25, 0.3) is 0 Å². The molecular weight excluding hydrogens is 308 g/mol. The summed E-state index contributed by atoms with van der Waals surface area (Å²) in [7, 11) is 3.36. The van der Waals surface area contributed by atoms with Crippen LogP contribution in [0, 0.1) is 0 Å². The highest BCUT2D eigenvalue weighted by atomic mass is 16.5. The number of carbonyl (C=O) groups excluding carboxylic acids is 1. The SMILES string of the molecule is CCc1nc(CN(C)C(=O)NCCCc2ccc(OC)cc2)no1. The molecule has 2 rings (SSSR count). The van der Waals surface area contributed by atoms with Crippen LogP contribution in [0.4, 0.5) is 4.79 Å². The van der Waals surface area contributed by atoms with Crippen molar-refractivity contribution in [2.75, 3.05) is 20.7 Å². The largest absolute Gasteiger partial charge is 0.497 e. The van der Waals surface area contributed by atoms with E-state index in [1.807, 2.05) is 31.2 Å². The number of carbonyl (C=O) groups is 1. The minimum atomic E-state index is -0.146. The summed E-state index contributed by atoms with van der Waals surface area (Å²) < 4.78 is 10.2. The van der Waals surface area contributed by atoms with Crippen molar-refractivity contribution < 1.29 is 14.1 Å². The molecule has 0 unspecified atom stereocenters. The number of aryl methyl sites for hydroxylation is 2. The Kier molecular flexibility index (Phi) is 6.60. The zero-order valence-corrected chi connectivity index (χ0v) is 14.4. The van der Waals surface area contributed by atoms with Gasteiger partial charge < -0.3 is 19.5 Å². The van der Waals surface area contributed by atoms with Crippen molar-refractivity contribution >= 4 is 6.03 Å². The number of ether oxygens (including phenoxy) is 1. The average molecular weight is 332 g/mol. The van der Waals surface area contributed by atoms with Crippen molar-refractivity contribution in [1.82, 2.24) is 20.4 Å². The molecule has 7 heteroatoms. The molecule has 24 heavy (non-hydrogen) atoms. The first-order valence-electron chi connectivity index (χ1n) is 8.05. The molecule has 130 valence electrons. The van der Waals surface area contributed by atoms with E-state index in [9.17, 15) is 4.79 Å². The molecular formula is C17H24N4O3. The smallest absolute Gasteiger partial charge is 0.317 e. The normalized spacial score (nSPS) is 10.5. The molecule has 1 heterocycles. The second-order valence-electron chi connectivity index (χ2n) is 5.50. The predicted molar refractivity (Wildman–Crippen MR) is 89.9 cm³/mol. The molecule has 0 spiro atoms. The van der Waals surface area contributed by atoms with Crippen molar-refractivity contribution in [2.45, 2.75) is 32.7 Å². The fraction of sp³-hybridized carbons (Fsp3) is 0.471. The highest BCUT2D eigenvalue weighted by Gasteiger charge is 2.12. The van der Waals surface area contributed by atoms with Gasteiger partial charge in [-0.2, -0.15) is 4.98 Å².